The molecule has 0 aliphatic rings. The molecule has 4 nitrogen and oxygen atoms in total. The van der Waals surface area contributed by atoms with E-state index in [1.54, 1.807) is 18.2 Å². The predicted octanol–water partition coefficient (Wildman–Crippen LogP) is -0.317. The molecule has 7 heteroatoms. The second-order valence-corrected chi connectivity index (χ2v) is 2.55. The fourth-order valence-electron chi connectivity index (χ4n) is 0.687. The Morgan fingerprint density at radius 3 is 2.14 bits per heavy atom. The molecule has 0 aromatic heterocycles. The Labute approximate surface area is 128 Å². The molecule has 0 aliphatic carbocycles. The van der Waals surface area contributed by atoms with Crippen molar-refractivity contribution in [1.29, 1.82) is 0 Å². The topological polar surface area (TPSA) is 63.6 Å². The molecule has 0 fully saturated rings. The SMILES string of the molecule is O=C(OS(=O)O)c1ccccc1.[NaH].[NaH]. The van der Waals surface area contributed by atoms with Gasteiger partial charge in [-0.25, -0.2) is 4.79 Å². The van der Waals surface area contributed by atoms with Gasteiger partial charge in [-0.05, 0) is 12.1 Å². The Kier molecular flexibility index (Phi) is 11.1. The molecule has 1 aromatic rings. The van der Waals surface area contributed by atoms with Crippen LogP contribution in [0.2, 0.25) is 0 Å². The van der Waals surface area contributed by atoms with Crippen molar-refractivity contribution in [2.24, 2.45) is 0 Å². The number of carbonyl (C=O) groups excluding carboxylic acids is 1. The van der Waals surface area contributed by atoms with Gasteiger partial charge in [0.2, 0.25) is 0 Å². The van der Waals surface area contributed by atoms with Crippen molar-refractivity contribution in [1.82, 2.24) is 0 Å². The van der Waals surface area contributed by atoms with E-state index in [-0.39, 0.29) is 64.7 Å². The number of rotatable bonds is 2. The molecule has 1 rings (SSSR count). The summed E-state index contributed by atoms with van der Waals surface area (Å²) in [4.78, 5) is 10.9. The molecule has 14 heavy (non-hydrogen) atoms. The average molecular weight is 234 g/mol. The maximum absolute atomic E-state index is 10.9. The van der Waals surface area contributed by atoms with Gasteiger partial charge >= 0.3 is 76.4 Å². The van der Waals surface area contributed by atoms with Crippen LogP contribution in [0.15, 0.2) is 30.3 Å². The summed E-state index contributed by atoms with van der Waals surface area (Å²) in [5, 5.41) is 0. The van der Waals surface area contributed by atoms with E-state index in [1.807, 2.05) is 0 Å². The zero-order valence-corrected chi connectivity index (χ0v) is 6.78. The molecule has 1 aromatic carbocycles. The van der Waals surface area contributed by atoms with E-state index in [1.165, 1.54) is 12.1 Å². The zero-order valence-electron chi connectivity index (χ0n) is 5.97. The molecule has 1 atom stereocenters. The molecular formula is C7H8Na2O4S. The average Bonchev–Trinajstić information content (AvgIpc) is 2.05. The molecule has 0 saturated heterocycles. The van der Waals surface area contributed by atoms with Gasteiger partial charge in [0.25, 0.3) is 0 Å². The third-order valence-corrected chi connectivity index (χ3v) is 1.45. The summed E-state index contributed by atoms with van der Waals surface area (Å²) in [5.41, 5.74) is 0.250. The third kappa shape index (κ3) is 6.31. The Hall–Kier alpha value is 0.800. The molecule has 0 aliphatic heterocycles. The second kappa shape index (κ2) is 9.06. The molecule has 0 amide bonds. The van der Waals surface area contributed by atoms with Crippen LogP contribution in [0.25, 0.3) is 0 Å². The quantitative estimate of drug-likeness (QED) is 0.563. The monoisotopic (exact) mass is 234 g/mol. The van der Waals surface area contributed by atoms with Crippen LogP contribution >= 0.6 is 0 Å². The van der Waals surface area contributed by atoms with Crippen LogP contribution in [0.5, 0.6) is 0 Å². The van der Waals surface area contributed by atoms with E-state index in [4.69, 9.17) is 4.55 Å². The summed E-state index contributed by atoms with van der Waals surface area (Å²) < 4.78 is 22.3. The summed E-state index contributed by atoms with van der Waals surface area (Å²) in [6, 6.07) is 7.99. The first kappa shape index (κ1) is 17.2. The zero-order chi connectivity index (χ0) is 8.97. The van der Waals surface area contributed by atoms with Crippen molar-refractivity contribution >= 4 is 76.4 Å². The van der Waals surface area contributed by atoms with Crippen LogP contribution in [-0.4, -0.2) is 73.8 Å². The fourth-order valence-corrected chi connectivity index (χ4v) is 0.913. The van der Waals surface area contributed by atoms with Crippen molar-refractivity contribution < 1.29 is 17.7 Å². The number of benzene rings is 1. The van der Waals surface area contributed by atoms with Crippen LogP contribution in [0.4, 0.5) is 0 Å². The van der Waals surface area contributed by atoms with Gasteiger partial charge in [-0.15, -0.1) is 0 Å². The third-order valence-electron chi connectivity index (χ3n) is 1.16. The van der Waals surface area contributed by atoms with Crippen LogP contribution in [0.3, 0.4) is 0 Å². The molecule has 0 radical (unpaired) electrons. The standard InChI is InChI=1S/C7H6O4S.2Na.2H/c8-7(11-12(9)10)6-4-2-1-3-5-6;;;;/h1-5H,(H,9,10);;;;. The van der Waals surface area contributed by atoms with Gasteiger partial charge in [-0.3, -0.25) is 4.55 Å². The summed E-state index contributed by atoms with van der Waals surface area (Å²) in [5.74, 6) is -0.809. The number of hydrogen-bond acceptors (Lipinski definition) is 3. The maximum atomic E-state index is 10.9. The van der Waals surface area contributed by atoms with E-state index in [0.717, 1.165) is 0 Å². The van der Waals surface area contributed by atoms with Gasteiger partial charge in [0.1, 0.15) is 0 Å². The Morgan fingerprint density at radius 1 is 1.21 bits per heavy atom. The van der Waals surface area contributed by atoms with E-state index in [2.05, 4.69) is 4.18 Å². The van der Waals surface area contributed by atoms with Crippen molar-refractivity contribution in [3.63, 3.8) is 0 Å². The molecule has 0 heterocycles. The van der Waals surface area contributed by atoms with Crippen LogP contribution in [0.1, 0.15) is 10.4 Å². The first-order valence-corrected chi connectivity index (χ1v) is 4.12. The fraction of sp³-hybridized carbons (Fsp3) is 0. The van der Waals surface area contributed by atoms with Gasteiger partial charge in [0.15, 0.2) is 0 Å². The first-order chi connectivity index (χ1) is 5.70. The van der Waals surface area contributed by atoms with E-state index in [0.29, 0.717) is 0 Å². The molecule has 68 valence electrons. The Bertz CT molecular complexity index is 304. The van der Waals surface area contributed by atoms with E-state index < -0.39 is 17.3 Å². The molecule has 0 spiro atoms. The van der Waals surface area contributed by atoms with E-state index in [9.17, 15) is 9.00 Å². The predicted molar refractivity (Wildman–Crippen MR) is 56.9 cm³/mol. The van der Waals surface area contributed by atoms with Crippen LogP contribution in [0, 0.1) is 0 Å². The summed E-state index contributed by atoms with van der Waals surface area (Å²) in [6.45, 7) is 0. The van der Waals surface area contributed by atoms with Gasteiger partial charge < -0.3 is 4.18 Å². The normalized spacial score (nSPS) is 10.4. The Morgan fingerprint density at radius 2 is 1.71 bits per heavy atom. The van der Waals surface area contributed by atoms with Gasteiger partial charge in [0.05, 0.1) is 5.56 Å². The minimum atomic E-state index is -2.55. The van der Waals surface area contributed by atoms with Crippen molar-refractivity contribution in [2.75, 3.05) is 0 Å². The second-order valence-electron chi connectivity index (χ2n) is 1.95. The molecule has 0 bridgehead atoms. The van der Waals surface area contributed by atoms with E-state index >= 15 is 0 Å². The number of carbonyl (C=O) groups is 1. The molecule has 0 saturated carbocycles. The van der Waals surface area contributed by atoms with Gasteiger partial charge in [-0.2, -0.15) is 4.21 Å². The number of hydrogen-bond donors (Lipinski definition) is 1. The van der Waals surface area contributed by atoms with Crippen molar-refractivity contribution in [3.05, 3.63) is 35.9 Å². The van der Waals surface area contributed by atoms with Crippen LogP contribution in [-0.2, 0) is 15.5 Å². The van der Waals surface area contributed by atoms with Gasteiger partial charge in [0, 0.05) is 0 Å². The summed E-state index contributed by atoms with van der Waals surface area (Å²) in [6.07, 6.45) is 0. The summed E-state index contributed by atoms with van der Waals surface area (Å²) in [7, 11) is 0. The van der Waals surface area contributed by atoms with Crippen LogP contribution < -0.4 is 0 Å². The first-order valence-electron chi connectivity index (χ1n) is 3.08. The van der Waals surface area contributed by atoms with Gasteiger partial charge in [-0.1, -0.05) is 18.2 Å². The molecule has 1 unspecified atom stereocenters. The van der Waals surface area contributed by atoms with Crippen molar-refractivity contribution in [2.45, 2.75) is 0 Å². The molecule has 1 N–H and O–H groups in total. The minimum absolute atomic E-state index is 0. The molecular weight excluding hydrogens is 226 g/mol. The Balaban J connectivity index is 0. The summed E-state index contributed by atoms with van der Waals surface area (Å²) >= 11 is -2.55. The van der Waals surface area contributed by atoms with Crippen molar-refractivity contribution in [3.8, 4) is 0 Å².